The molecular formula is C20H20ClN3O8. The second-order valence-corrected chi connectivity index (χ2v) is 6.68. The van der Waals surface area contributed by atoms with E-state index >= 15 is 0 Å². The summed E-state index contributed by atoms with van der Waals surface area (Å²) in [6.45, 7) is -0.684. The van der Waals surface area contributed by atoms with E-state index in [1.165, 1.54) is 38.5 Å². The number of carbonyl (C=O) groups excluding carboxylic acids is 3. The molecule has 12 heteroatoms. The van der Waals surface area contributed by atoms with Crippen molar-refractivity contribution in [3.8, 4) is 11.5 Å². The number of amides is 2. The van der Waals surface area contributed by atoms with Crippen molar-refractivity contribution in [2.75, 3.05) is 31.5 Å². The third-order valence-corrected chi connectivity index (χ3v) is 4.27. The van der Waals surface area contributed by atoms with Crippen LogP contribution >= 0.6 is 11.6 Å². The molecule has 0 radical (unpaired) electrons. The summed E-state index contributed by atoms with van der Waals surface area (Å²) in [4.78, 5) is 46.3. The molecule has 32 heavy (non-hydrogen) atoms. The minimum absolute atomic E-state index is 0.106. The van der Waals surface area contributed by atoms with Gasteiger partial charge in [0.05, 0.1) is 31.3 Å². The van der Waals surface area contributed by atoms with Crippen molar-refractivity contribution >= 4 is 46.4 Å². The van der Waals surface area contributed by atoms with Gasteiger partial charge in [-0.3, -0.25) is 24.5 Å². The second kappa shape index (κ2) is 11.5. The van der Waals surface area contributed by atoms with Gasteiger partial charge in [-0.25, -0.2) is 0 Å². The number of nitrogens with zero attached hydrogens (tertiary/aromatic N) is 1. The van der Waals surface area contributed by atoms with E-state index in [-0.39, 0.29) is 24.2 Å². The van der Waals surface area contributed by atoms with Gasteiger partial charge in [-0.15, -0.1) is 0 Å². The number of rotatable bonds is 10. The number of methoxy groups -OCH3 is 2. The van der Waals surface area contributed by atoms with Crippen LogP contribution < -0.4 is 20.1 Å². The molecule has 2 amide bonds. The van der Waals surface area contributed by atoms with Crippen LogP contribution in [0.5, 0.6) is 11.5 Å². The normalized spacial score (nSPS) is 10.1. The number of nitrogens with one attached hydrogen (secondary N) is 2. The minimum atomic E-state index is -0.798. The molecule has 2 aromatic rings. The van der Waals surface area contributed by atoms with Crippen molar-refractivity contribution in [2.45, 2.75) is 12.8 Å². The van der Waals surface area contributed by atoms with Crippen LogP contribution in [0.15, 0.2) is 36.4 Å². The summed E-state index contributed by atoms with van der Waals surface area (Å²) in [5.41, 5.74) is -0.110. The molecule has 0 spiro atoms. The predicted octanol–water partition coefficient (Wildman–Crippen LogP) is 3.17. The van der Waals surface area contributed by atoms with E-state index in [4.69, 9.17) is 25.8 Å². The first-order valence-electron chi connectivity index (χ1n) is 9.14. The zero-order valence-electron chi connectivity index (χ0n) is 17.2. The molecule has 0 unspecified atom stereocenters. The lowest BCUT2D eigenvalue weighted by Gasteiger charge is -2.10. The van der Waals surface area contributed by atoms with Crippen LogP contribution in [-0.4, -0.2) is 43.5 Å². The number of hydrogen-bond acceptors (Lipinski definition) is 8. The molecule has 0 bridgehead atoms. The number of esters is 1. The lowest BCUT2D eigenvalue weighted by Crippen LogP contribution is -2.22. The number of ether oxygens (including phenoxy) is 3. The highest BCUT2D eigenvalue weighted by Gasteiger charge is 2.18. The summed E-state index contributed by atoms with van der Waals surface area (Å²) in [5.74, 6) is -1.38. The van der Waals surface area contributed by atoms with Gasteiger partial charge in [-0.2, -0.15) is 0 Å². The van der Waals surface area contributed by atoms with Gasteiger partial charge in [0.25, 0.3) is 11.6 Å². The number of nitro benzene ring substituents is 1. The van der Waals surface area contributed by atoms with Crippen LogP contribution in [0.3, 0.4) is 0 Å². The monoisotopic (exact) mass is 465 g/mol. The number of anilines is 2. The molecule has 0 aliphatic rings. The van der Waals surface area contributed by atoms with E-state index < -0.39 is 29.3 Å². The van der Waals surface area contributed by atoms with E-state index in [0.717, 1.165) is 0 Å². The van der Waals surface area contributed by atoms with Gasteiger partial charge >= 0.3 is 5.97 Å². The van der Waals surface area contributed by atoms with Crippen LogP contribution in [0.1, 0.15) is 12.8 Å². The maximum atomic E-state index is 12.1. The van der Waals surface area contributed by atoms with E-state index in [0.29, 0.717) is 22.2 Å². The van der Waals surface area contributed by atoms with Crippen molar-refractivity contribution in [2.24, 2.45) is 0 Å². The van der Waals surface area contributed by atoms with Gasteiger partial charge < -0.3 is 24.8 Å². The summed E-state index contributed by atoms with van der Waals surface area (Å²) >= 11 is 5.89. The Balaban J connectivity index is 1.83. The van der Waals surface area contributed by atoms with Gasteiger partial charge in [0.15, 0.2) is 6.61 Å². The maximum absolute atomic E-state index is 12.1. The van der Waals surface area contributed by atoms with E-state index in [2.05, 4.69) is 10.6 Å². The zero-order valence-corrected chi connectivity index (χ0v) is 17.9. The summed E-state index contributed by atoms with van der Waals surface area (Å²) < 4.78 is 14.9. The molecule has 0 aromatic heterocycles. The van der Waals surface area contributed by atoms with Crippen LogP contribution in [0.4, 0.5) is 17.1 Å². The van der Waals surface area contributed by atoms with Crippen molar-refractivity contribution in [1.29, 1.82) is 0 Å². The Kier molecular flexibility index (Phi) is 8.78. The molecule has 0 aliphatic heterocycles. The molecule has 170 valence electrons. The lowest BCUT2D eigenvalue weighted by atomic mass is 10.2. The number of benzene rings is 2. The van der Waals surface area contributed by atoms with Crippen molar-refractivity contribution in [1.82, 2.24) is 0 Å². The molecule has 0 heterocycles. The lowest BCUT2D eigenvalue weighted by molar-refractivity contribution is -0.383. The van der Waals surface area contributed by atoms with Crippen molar-refractivity contribution < 1.29 is 33.5 Å². The molecule has 0 saturated heterocycles. The topological polar surface area (TPSA) is 146 Å². The number of nitro groups is 1. The SMILES string of the molecule is COc1ccc([N+](=O)[O-])c(NC(=O)COC(=O)CCC(=O)Nc2cc(Cl)ccc2OC)c1. The van der Waals surface area contributed by atoms with Gasteiger partial charge in [-0.05, 0) is 24.3 Å². The Morgan fingerprint density at radius 2 is 1.69 bits per heavy atom. The largest absolute Gasteiger partial charge is 0.497 e. The van der Waals surface area contributed by atoms with Gasteiger partial charge in [0, 0.05) is 23.6 Å². The molecule has 2 rings (SSSR count). The molecule has 2 N–H and O–H groups in total. The Hall–Kier alpha value is -3.86. The number of halogens is 1. The molecular weight excluding hydrogens is 446 g/mol. The van der Waals surface area contributed by atoms with Crippen LogP contribution in [0.2, 0.25) is 5.02 Å². The summed E-state index contributed by atoms with van der Waals surface area (Å²) in [6, 6.07) is 8.49. The summed E-state index contributed by atoms with van der Waals surface area (Å²) in [5, 5.41) is 16.3. The highest BCUT2D eigenvalue weighted by Crippen LogP contribution is 2.29. The number of hydrogen-bond donors (Lipinski definition) is 2. The highest BCUT2D eigenvalue weighted by molar-refractivity contribution is 6.31. The molecule has 0 fully saturated rings. The zero-order chi connectivity index (χ0) is 23.7. The first-order valence-corrected chi connectivity index (χ1v) is 9.52. The quantitative estimate of drug-likeness (QED) is 0.309. The third kappa shape index (κ3) is 7.13. The Morgan fingerprint density at radius 3 is 2.34 bits per heavy atom. The van der Waals surface area contributed by atoms with Gasteiger partial charge in [0.1, 0.15) is 17.2 Å². The van der Waals surface area contributed by atoms with E-state index in [1.807, 2.05) is 0 Å². The first-order chi connectivity index (χ1) is 15.2. The molecule has 11 nitrogen and oxygen atoms in total. The standard InChI is InChI=1S/C20H20ClN3O8/c1-30-13-4-5-16(24(28)29)14(10-13)22-19(26)11-32-20(27)8-7-18(25)23-15-9-12(21)3-6-17(15)31-2/h3-6,9-10H,7-8,11H2,1-2H3,(H,22,26)(H,23,25). The fraction of sp³-hybridized carbons (Fsp3) is 0.250. The minimum Gasteiger partial charge on any atom is -0.497 e. The Bertz CT molecular complexity index is 1030. The summed E-state index contributed by atoms with van der Waals surface area (Å²) in [6.07, 6.45) is -0.501. The molecule has 0 saturated carbocycles. The molecule has 0 atom stereocenters. The second-order valence-electron chi connectivity index (χ2n) is 6.24. The van der Waals surface area contributed by atoms with Gasteiger partial charge in [0.2, 0.25) is 5.91 Å². The third-order valence-electron chi connectivity index (χ3n) is 4.03. The van der Waals surface area contributed by atoms with Crippen LogP contribution in [0, 0.1) is 10.1 Å². The van der Waals surface area contributed by atoms with E-state index in [1.54, 1.807) is 12.1 Å². The molecule has 2 aromatic carbocycles. The number of carbonyl (C=O) groups is 3. The first kappa shape index (κ1) is 24.4. The average molecular weight is 466 g/mol. The van der Waals surface area contributed by atoms with Gasteiger partial charge in [-0.1, -0.05) is 11.6 Å². The maximum Gasteiger partial charge on any atom is 0.306 e. The fourth-order valence-corrected chi connectivity index (χ4v) is 2.68. The van der Waals surface area contributed by atoms with E-state index in [9.17, 15) is 24.5 Å². The predicted molar refractivity (Wildman–Crippen MR) is 115 cm³/mol. The Morgan fingerprint density at radius 1 is 0.969 bits per heavy atom. The Labute approximate surface area is 187 Å². The van der Waals surface area contributed by atoms with Crippen molar-refractivity contribution in [3.05, 3.63) is 51.5 Å². The van der Waals surface area contributed by atoms with Crippen LogP contribution in [0.25, 0.3) is 0 Å². The molecule has 0 aliphatic carbocycles. The fourth-order valence-electron chi connectivity index (χ4n) is 2.51. The smallest absolute Gasteiger partial charge is 0.306 e. The average Bonchev–Trinajstić information content (AvgIpc) is 2.76. The summed E-state index contributed by atoms with van der Waals surface area (Å²) in [7, 11) is 2.80. The highest BCUT2D eigenvalue weighted by atomic mass is 35.5. The van der Waals surface area contributed by atoms with Crippen molar-refractivity contribution in [3.63, 3.8) is 0 Å². The van der Waals surface area contributed by atoms with Crippen LogP contribution in [-0.2, 0) is 19.1 Å².